The molecule has 1 rings (SSSR count). The van der Waals surface area contributed by atoms with E-state index < -0.39 is 5.97 Å². The lowest BCUT2D eigenvalue weighted by Gasteiger charge is -2.24. The SMILES string of the molecule is CCOCCCN(CCC(=O)O)c1ccccc1. The van der Waals surface area contributed by atoms with Crippen LogP contribution in [0.1, 0.15) is 19.8 Å². The molecule has 0 saturated heterocycles. The Balaban J connectivity index is 2.49. The molecular weight excluding hydrogens is 230 g/mol. The maximum Gasteiger partial charge on any atom is 0.305 e. The first kappa shape index (κ1) is 14.5. The predicted molar refractivity (Wildman–Crippen MR) is 72.0 cm³/mol. The van der Waals surface area contributed by atoms with Gasteiger partial charge in [0.05, 0.1) is 6.42 Å². The smallest absolute Gasteiger partial charge is 0.305 e. The lowest BCUT2D eigenvalue weighted by atomic mass is 10.2. The molecular formula is C14H21NO3. The van der Waals surface area contributed by atoms with Gasteiger partial charge in [-0.1, -0.05) is 18.2 Å². The molecule has 1 aromatic rings. The van der Waals surface area contributed by atoms with E-state index in [0.29, 0.717) is 13.2 Å². The number of carbonyl (C=O) groups is 1. The van der Waals surface area contributed by atoms with Gasteiger partial charge in [-0.05, 0) is 25.5 Å². The summed E-state index contributed by atoms with van der Waals surface area (Å²) in [4.78, 5) is 12.8. The van der Waals surface area contributed by atoms with Gasteiger partial charge in [0.15, 0.2) is 0 Å². The third-order valence-electron chi connectivity index (χ3n) is 2.64. The van der Waals surface area contributed by atoms with E-state index >= 15 is 0 Å². The molecule has 0 fully saturated rings. The van der Waals surface area contributed by atoms with Gasteiger partial charge in [-0.25, -0.2) is 0 Å². The molecule has 4 nitrogen and oxygen atoms in total. The van der Waals surface area contributed by atoms with Gasteiger partial charge in [0, 0.05) is 32.0 Å². The molecule has 0 aliphatic rings. The van der Waals surface area contributed by atoms with Crippen LogP contribution in [0.3, 0.4) is 0 Å². The number of hydrogen-bond acceptors (Lipinski definition) is 3. The van der Waals surface area contributed by atoms with E-state index in [9.17, 15) is 4.79 Å². The zero-order valence-electron chi connectivity index (χ0n) is 10.8. The van der Waals surface area contributed by atoms with Crippen molar-refractivity contribution in [3.05, 3.63) is 30.3 Å². The molecule has 0 atom stereocenters. The number of para-hydroxylation sites is 1. The average molecular weight is 251 g/mol. The number of hydrogen-bond donors (Lipinski definition) is 1. The van der Waals surface area contributed by atoms with Crippen molar-refractivity contribution in [3.8, 4) is 0 Å². The van der Waals surface area contributed by atoms with Crippen molar-refractivity contribution in [1.82, 2.24) is 0 Å². The first-order valence-corrected chi connectivity index (χ1v) is 6.33. The summed E-state index contributed by atoms with van der Waals surface area (Å²) in [6.07, 6.45) is 1.06. The highest BCUT2D eigenvalue weighted by Crippen LogP contribution is 2.14. The number of anilines is 1. The molecule has 1 N–H and O–H groups in total. The molecule has 0 aliphatic heterocycles. The molecule has 0 radical (unpaired) electrons. The van der Waals surface area contributed by atoms with E-state index in [2.05, 4.69) is 4.90 Å². The fourth-order valence-electron chi connectivity index (χ4n) is 1.74. The molecule has 0 bridgehead atoms. The molecule has 0 heterocycles. The van der Waals surface area contributed by atoms with Crippen LogP contribution in [0.2, 0.25) is 0 Å². The normalized spacial score (nSPS) is 10.3. The highest BCUT2D eigenvalue weighted by atomic mass is 16.5. The van der Waals surface area contributed by atoms with Gasteiger partial charge < -0.3 is 14.7 Å². The number of carboxylic acid groups (broad SMARTS) is 1. The Morgan fingerprint density at radius 2 is 2.00 bits per heavy atom. The maximum atomic E-state index is 10.7. The molecule has 0 spiro atoms. The summed E-state index contributed by atoms with van der Waals surface area (Å²) in [6, 6.07) is 9.89. The van der Waals surface area contributed by atoms with Gasteiger partial charge in [-0.3, -0.25) is 4.79 Å². The topological polar surface area (TPSA) is 49.8 Å². The van der Waals surface area contributed by atoms with Gasteiger partial charge in [0.25, 0.3) is 0 Å². The van der Waals surface area contributed by atoms with Crippen LogP contribution in [0.5, 0.6) is 0 Å². The van der Waals surface area contributed by atoms with Crippen molar-refractivity contribution < 1.29 is 14.6 Å². The van der Waals surface area contributed by atoms with Crippen LogP contribution in [0, 0.1) is 0 Å². The second-order valence-corrected chi connectivity index (χ2v) is 4.02. The highest BCUT2D eigenvalue weighted by Gasteiger charge is 2.07. The summed E-state index contributed by atoms with van der Waals surface area (Å²) >= 11 is 0. The second kappa shape index (κ2) is 8.53. The van der Waals surface area contributed by atoms with E-state index in [1.807, 2.05) is 37.3 Å². The number of nitrogens with zero attached hydrogens (tertiary/aromatic N) is 1. The van der Waals surface area contributed by atoms with Gasteiger partial charge in [-0.2, -0.15) is 0 Å². The minimum atomic E-state index is -0.763. The molecule has 100 valence electrons. The lowest BCUT2D eigenvalue weighted by Crippen LogP contribution is -2.28. The monoisotopic (exact) mass is 251 g/mol. The first-order valence-electron chi connectivity index (χ1n) is 6.33. The predicted octanol–water partition coefficient (Wildman–Crippen LogP) is 2.39. The Bertz CT molecular complexity index is 340. The number of ether oxygens (including phenoxy) is 1. The van der Waals surface area contributed by atoms with Crippen molar-refractivity contribution in [1.29, 1.82) is 0 Å². The summed E-state index contributed by atoms with van der Waals surface area (Å²) in [7, 11) is 0. The molecule has 4 heteroatoms. The van der Waals surface area contributed by atoms with Crippen LogP contribution >= 0.6 is 0 Å². The van der Waals surface area contributed by atoms with E-state index in [0.717, 1.165) is 25.3 Å². The van der Waals surface area contributed by atoms with Gasteiger partial charge in [-0.15, -0.1) is 0 Å². The summed E-state index contributed by atoms with van der Waals surface area (Å²) < 4.78 is 5.30. The molecule has 1 aromatic carbocycles. The summed E-state index contributed by atoms with van der Waals surface area (Å²) in [6.45, 7) is 4.76. The van der Waals surface area contributed by atoms with Crippen LogP contribution in [0.25, 0.3) is 0 Å². The van der Waals surface area contributed by atoms with Gasteiger partial charge >= 0.3 is 5.97 Å². The van der Waals surface area contributed by atoms with E-state index in [-0.39, 0.29) is 6.42 Å². The van der Waals surface area contributed by atoms with Crippen molar-refractivity contribution >= 4 is 11.7 Å². The van der Waals surface area contributed by atoms with Gasteiger partial charge in [0.2, 0.25) is 0 Å². The Morgan fingerprint density at radius 1 is 1.28 bits per heavy atom. The van der Waals surface area contributed by atoms with Gasteiger partial charge in [0.1, 0.15) is 0 Å². The summed E-state index contributed by atoms with van der Waals surface area (Å²) in [5.74, 6) is -0.763. The Kier molecular flexibility index (Phi) is 6.87. The lowest BCUT2D eigenvalue weighted by molar-refractivity contribution is -0.136. The summed E-state index contributed by atoms with van der Waals surface area (Å²) in [5, 5.41) is 8.77. The number of benzene rings is 1. The third kappa shape index (κ3) is 5.68. The fourth-order valence-corrected chi connectivity index (χ4v) is 1.74. The van der Waals surface area contributed by atoms with Crippen molar-refractivity contribution in [2.24, 2.45) is 0 Å². The van der Waals surface area contributed by atoms with Crippen molar-refractivity contribution in [2.45, 2.75) is 19.8 Å². The second-order valence-electron chi connectivity index (χ2n) is 4.02. The fraction of sp³-hybridized carbons (Fsp3) is 0.500. The van der Waals surface area contributed by atoms with E-state index in [1.165, 1.54) is 0 Å². The van der Waals surface area contributed by atoms with Crippen LogP contribution in [-0.2, 0) is 9.53 Å². The van der Waals surface area contributed by atoms with Crippen LogP contribution in [0.4, 0.5) is 5.69 Å². The minimum absolute atomic E-state index is 0.156. The quantitative estimate of drug-likeness (QED) is 0.685. The number of rotatable bonds is 9. The highest BCUT2D eigenvalue weighted by molar-refractivity contribution is 5.67. The largest absolute Gasteiger partial charge is 0.481 e. The van der Waals surface area contributed by atoms with Crippen LogP contribution < -0.4 is 4.90 Å². The van der Waals surface area contributed by atoms with Crippen molar-refractivity contribution in [2.75, 3.05) is 31.2 Å². The standard InChI is InChI=1S/C14H21NO3/c1-2-18-12-6-10-15(11-9-14(16)17)13-7-4-3-5-8-13/h3-5,7-8H,2,6,9-12H2,1H3,(H,16,17). The molecule has 0 aliphatic carbocycles. The van der Waals surface area contributed by atoms with Crippen molar-refractivity contribution in [3.63, 3.8) is 0 Å². The Labute approximate surface area is 108 Å². The zero-order valence-corrected chi connectivity index (χ0v) is 10.8. The molecule has 0 amide bonds. The molecule has 18 heavy (non-hydrogen) atoms. The number of aliphatic carboxylic acids is 1. The third-order valence-corrected chi connectivity index (χ3v) is 2.64. The molecule has 0 saturated carbocycles. The van der Waals surface area contributed by atoms with E-state index in [1.54, 1.807) is 0 Å². The molecule has 0 unspecified atom stereocenters. The molecule has 0 aromatic heterocycles. The Morgan fingerprint density at radius 3 is 2.61 bits per heavy atom. The van der Waals surface area contributed by atoms with Crippen LogP contribution in [-0.4, -0.2) is 37.4 Å². The Hall–Kier alpha value is -1.55. The minimum Gasteiger partial charge on any atom is -0.481 e. The first-order chi connectivity index (χ1) is 8.74. The average Bonchev–Trinajstić information content (AvgIpc) is 2.38. The maximum absolute atomic E-state index is 10.7. The number of carboxylic acids is 1. The zero-order chi connectivity index (χ0) is 13.2. The summed E-state index contributed by atoms with van der Waals surface area (Å²) in [5.41, 5.74) is 1.07. The van der Waals surface area contributed by atoms with E-state index in [4.69, 9.17) is 9.84 Å². The van der Waals surface area contributed by atoms with Crippen LogP contribution in [0.15, 0.2) is 30.3 Å².